The molecule has 1 saturated carbocycles. The summed E-state index contributed by atoms with van der Waals surface area (Å²) in [7, 11) is 0. The van der Waals surface area contributed by atoms with Gasteiger partial charge in [-0.25, -0.2) is 0 Å². The zero-order valence-corrected chi connectivity index (χ0v) is 14.5. The third kappa shape index (κ3) is 6.83. The van der Waals surface area contributed by atoms with Crippen LogP contribution in [0.5, 0.6) is 0 Å². The molecule has 0 spiro atoms. The van der Waals surface area contributed by atoms with Gasteiger partial charge in [-0.15, -0.1) is 0 Å². The molecular weight excluding hydrogens is 300 g/mol. The van der Waals surface area contributed by atoms with Crippen LogP contribution in [0, 0.1) is 11.3 Å². The Balaban J connectivity index is 2.05. The van der Waals surface area contributed by atoms with Crippen molar-refractivity contribution in [1.29, 1.82) is 0 Å². The van der Waals surface area contributed by atoms with E-state index in [0.29, 0.717) is 5.75 Å². The maximum Gasteiger partial charge on any atom is 0.321 e. The van der Waals surface area contributed by atoms with Crippen LogP contribution in [0.1, 0.15) is 46.5 Å². The predicted octanol–water partition coefficient (Wildman–Crippen LogP) is 2.37. The number of carboxylic acid groups (broad SMARTS) is 1. The van der Waals surface area contributed by atoms with Gasteiger partial charge in [0.15, 0.2) is 0 Å². The zero-order chi connectivity index (χ0) is 16.8. The average Bonchev–Trinajstić information content (AvgIpc) is 3.06. The van der Waals surface area contributed by atoms with Gasteiger partial charge in [0, 0.05) is 17.4 Å². The molecule has 1 aliphatic carbocycles. The van der Waals surface area contributed by atoms with E-state index in [0.717, 1.165) is 37.1 Å². The summed E-state index contributed by atoms with van der Waals surface area (Å²) >= 11 is 1.57. The van der Waals surface area contributed by atoms with Crippen molar-refractivity contribution in [3.8, 4) is 0 Å². The molecule has 0 radical (unpaired) electrons. The van der Waals surface area contributed by atoms with Gasteiger partial charge in [-0.1, -0.05) is 19.9 Å². The van der Waals surface area contributed by atoms with E-state index in [-0.39, 0.29) is 17.2 Å². The van der Waals surface area contributed by atoms with Crippen LogP contribution in [0.25, 0.3) is 0 Å². The number of carbonyl (C=O) groups excluding carboxylic acids is 1. The normalized spacial score (nSPS) is 21.3. The number of rotatable bonds is 10. The second kappa shape index (κ2) is 8.58. The molecule has 0 heterocycles. The minimum absolute atomic E-state index is 0.136. The topological polar surface area (TPSA) is 92.4 Å². The molecule has 0 saturated heterocycles. The molecule has 5 nitrogen and oxygen atoms in total. The Morgan fingerprint density at radius 1 is 1.45 bits per heavy atom. The number of allylic oxidation sites excluding steroid dienone is 2. The maximum absolute atomic E-state index is 11.9. The Kier molecular flexibility index (Phi) is 7.42. The molecule has 0 aliphatic heterocycles. The van der Waals surface area contributed by atoms with Crippen LogP contribution in [0.4, 0.5) is 0 Å². The van der Waals surface area contributed by atoms with Crippen molar-refractivity contribution in [2.45, 2.75) is 52.5 Å². The first-order chi connectivity index (χ1) is 10.2. The second-order valence-corrected chi connectivity index (χ2v) is 7.79. The highest BCUT2D eigenvalue weighted by molar-refractivity contribution is 7.99. The molecule has 1 amide bonds. The number of carboxylic acids is 1. The summed E-state index contributed by atoms with van der Waals surface area (Å²) in [4.78, 5) is 22.4. The molecule has 0 unspecified atom stereocenters. The number of aliphatic carboxylic acids is 1. The lowest BCUT2D eigenvalue weighted by Crippen LogP contribution is -2.32. The summed E-state index contributed by atoms with van der Waals surface area (Å²) in [5.74, 6) is 0.719. The van der Waals surface area contributed by atoms with Gasteiger partial charge in [0.2, 0.25) is 5.91 Å². The Bertz CT molecular complexity index is 435. The molecule has 0 aromatic rings. The van der Waals surface area contributed by atoms with Gasteiger partial charge in [0.1, 0.15) is 6.04 Å². The predicted molar refractivity (Wildman–Crippen MR) is 90.6 cm³/mol. The number of carbonyl (C=O) groups is 2. The van der Waals surface area contributed by atoms with Crippen LogP contribution in [0.2, 0.25) is 0 Å². The van der Waals surface area contributed by atoms with Gasteiger partial charge in [0.05, 0.1) is 0 Å². The fraction of sp³-hybridized carbons (Fsp3) is 0.750. The molecule has 4 N–H and O–H groups in total. The number of hydrogen-bond acceptors (Lipinski definition) is 4. The van der Waals surface area contributed by atoms with Crippen LogP contribution in [-0.4, -0.2) is 34.5 Å². The summed E-state index contributed by atoms with van der Waals surface area (Å²) in [6.07, 6.45) is 6.00. The first-order valence-corrected chi connectivity index (χ1v) is 8.93. The van der Waals surface area contributed by atoms with Crippen molar-refractivity contribution < 1.29 is 14.7 Å². The summed E-state index contributed by atoms with van der Waals surface area (Å²) in [5, 5.41) is 11.6. The Hall–Kier alpha value is -1.01. The smallest absolute Gasteiger partial charge is 0.321 e. The van der Waals surface area contributed by atoms with E-state index in [4.69, 9.17) is 10.8 Å². The van der Waals surface area contributed by atoms with Crippen molar-refractivity contribution in [1.82, 2.24) is 5.32 Å². The van der Waals surface area contributed by atoms with Crippen molar-refractivity contribution in [3.05, 3.63) is 11.8 Å². The summed E-state index contributed by atoms with van der Waals surface area (Å²) in [5.41, 5.74) is 6.51. The molecular formula is C16H28N2O3S. The summed E-state index contributed by atoms with van der Waals surface area (Å²) in [6, 6.07) is -0.769. The summed E-state index contributed by atoms with van der Waals surface area (Å²) in [6.45, 7) is 6.16. The minimum atomic E-state index is -0.944. The van der Waals surface area contributed by atoms with Crippen LogP contribution >= 0.6 is 11.8 Å². The van der Waals surface area contributed by atoms with Crippen molar-refractivity contribution in [2.24, 2.45) is 17.1 Å². The largest absolute Gasteiger partial charge is 0.480 e. The molecule has 0 bridgehead atoms. The van der Waals surface area contributed by atoms with Crippen LogP contribution in [0.15, 0.2) is 11.8 Å². The quantitative estimate of drug-likeness (QED) is 0.535. The molecule has 0 aromatic carbocycles. The number of hydrogen-bond donors (Lipinski definition) is 3. The number of amides is 1. The Morgan fingerprint density at radius 2 is 2.09 bits per heavy atom. The molecule has 1 rings (SSSR count). The van der Waals surface area contributed by atoms with Gasteiger partial charge < -0.3 is 16.2 Å². The highest BCUT2D eigenvalue weighted by Crippen LogP contribution is 2.51. The van der Waals surface area contributed by atoms with Gasteiger partial charge in [-0.2, -0.15) is 11.8 Å². The Labute approximate surface area is 137 Å². The second-order valence-electron chi connectivity index (χ2n) is 6.64. The average molecular weight is 328 g/mol. The van der Waals surface area contributed by atoms with E-state index < -0.39 is 12.0 Å². The third-order valence-corrected chi connectivity index (χ3v) is 5.13. The van der Waals surface area contributed by atoms with Crippen LogP contribution in [-0.2, 0) is 9.59 Å². The van der Waals surface area contributed by atoms with Crippen molar-refractivity contribution in [3.63, 3.8) is 0 Å². The Morgan fingerprint density at radius 3 is 2.64 bits per heavy atom. The van der Waals surface area contributed by atoms with Crippen molar-refractivity contribution in [2.75, 3.05) is 11.5 Å². The highest BCUT2D eigenvalue weighted by Gasteiger charge is 2.50. The molecule has 1 fully saturated rings. The number of unbranched alkanes of at least 4 members (excludes halogenated alkanes) is 2. The van der Waals surface area contributed by atoms with Crippen LogP contribution < -0.4 is 11.1 Å². The van der Waals surface area contributed by atoms with E-state index in [2.05, 4.69) is 25.2 Å². The van der Waals surface area contributed by atoms with E-state index >= 15 is 0 Å². The fourth-order valence-electron chi connectivity index (χ4n) is 2.20. The lowest BCUT2D eigenvalue weighted by Gasteiger charge is -2.07. The van der Waals surface area contributed by atoms with Gasteiger partial charge in [0.25, 0.3) is 0 Å². The third-order valence-electron chi connectivity index (χ3n) is 3.96. The van der Waals surface area contributed by atoms with E-state index in [1.165, 1.54) is 0 Å². The first-order valence-electron chi connectivity index (χ1n) is 7.78. The molecule has 6 heteroatoms. The lowest BCUT2D eigenvalue weighted by molar-refractivity contribution is -0.137. The summed E-state index contributed by atoms with van der Waals surface area (Å²) < 4.78 is 0. The minimum Gasteiger partial charge on any atom is -0.480 e. The lowest BCUT2D eigenvalue weighted by atomic mass is 10.1. The van der Waals surface area contributed by atoms with E-state index in [1.807, 2.05) is 6.92 Å². The van der Waals surface area contributed by atoms with Gasteiger partial charge >= 0.3 is 5.97 Å². The van der Waals surface area contributed by atoms with Gasteiger partial charge in [-0.05, 0) is 43.8 Å². The zero-order valence-electron chi connectivity index (χ0n) is 13.7. The number of thioether (sulfide) groups is 1. The molecule has 1 aliphatic rings. The monoisotopic (exact) mass is 328 g/mol. The molecule has 0 aromatic heterocycles. The van der Waals surface area contributed by atoms with Gasteiger partial charge in [-0.3, -0.25) is 9.59 Å². The van der Waals surface area contributed by atoms with E-state index in [9.17, 15) is 9.59 Å². The van der Waals surface area contributed by atoms with E-state index in [1.54, 1.807) is 11.8 Å². The number of nitrogens with two attached hydrogens (primary N) is 1. The molecule has 126 valence electrons. The fourth-order valence-corrected chi connectivity index (χ4v) is 3.17. The van der Waals surface area contributed by atoms with Crippen LogP contribution in [0.3, 0.4) is 0 Å². The molecule has 2 atom stereocenters. The first kappa shape index (κ1) is 19.0. The SMILES string of the molecule is C/C(=C/CCCCSC[C@H](N)C(=O)O)NC(=O)[C@H]1CC1(C)C. The number of nitrogens with one attached hydrogen (secondary N) is 1. The highest BCUT2D eigenvalue weighted by atomic mass is 32.2. The standard InChI is InChI=1S/C16H28N2O3S/c1-11(18-14(19)12-9-16(12,2)3)7-5-4-6-8-22-10-13(17)15(20)21/h7,12-13H,4-6,8-10,17H2,1-3H3,(H,18,19)(H,20,21)/b11-7-/t12-,13+/m1/s1. The molecule has 22 heavy (non-hydrogen) atoms. The maximum atomic E-state index is 11.9. The van der Waals surface area contributed by atoms with Crippen molar-refractivity contribution >= 4 is 23.6 Å².